The van der Waals surface area contributed by atoms with Crippen LogP contribution in [0.5, 0.6) is 0 Å². The molecule has 0 bridgehead atoms. The molecule has 0 aromatic carbocycles. The number of carboxylic acids is 1. The van der Waals surface area contributed by atoms with E-state index in [1.807, 2.05) is 0 Å². The zero-order chi connectivity index (χ0) is 12.5. The van der Waals surface area contributed by atoms with Crippen molar-refractivity contribution in [2.45, 2.75) is 19.8 Å². The molecule has 1 aliphatic rings. The Morgan fingerprint density at radius 3 is 2.82 bits per heavy atom. The summed E-state index contributed by atoms with van der Waals surface area (Å²) in [5.74, 6) is -1.03. The van der Waals surface area contributed by atoms with Gasteiger partial charge in [-0.05, 0) is 29.7 Å². The number of anilines is 1. The molecule has 1 heterocycles. The van der Waals surface area contributed by atoms with E-state index in [0.29, 0.717) is 11.5 Å². The molecule has 5 nitrogen and oxygen atoms in total. The fraction of sp³-hybridized carbons (Fsp3) is 0.455. The Labute approximate surface area is 103 Å². The number of carboxylic acid groups (broad SMARTS) is 1. The van der Waals surface area contributed by atoms with Crippen molar-refractivity contribution in [1.29, 1.82) is 0 Å². The summed E-state index contributed by atoms with van der Waals surface area (Å²) in [7, 11) is 0. The minimum absolute atomic E-state index is 0.128. The predicted molar refractivity (Wildman–Crippen MR) is 65.6 cm³/mol. The monoisotopic (exact) mass is 254 g/mol. The molecule has 2 rings (SSSR count). The SMILES string of the molecule is CC1(CNC(=O)Nc2sccc2C(=O)O)CC1. The third-order valence-electron chi connectivity index (χ3n) is 2.90. The molecule has 0 aliphatic heterocycles. The molecular formula is C11H14N2O3S. The van der Waals surface area contributed by atoms with Crippen LogP contribution in [0.25, 0.3) is 0 Å². The lowest BCUT2D eigenvalue weighted by atomic mass is 10.1. The molecule has 1 saturated carbocycles. The van der Waals surface area contributed by atoms with Gasteiger partial charge in [-0.3, -0.25) is 5.32 Å². The van der Waals surface area contributed by atoms with Gasteiger partial charge in [0.25, 0.3) is 0 Å². The summed E-state index contributed by atoms with van der Waals surface area (Å²) in [6, 6.07) is 1.13. The zero-order valence-electron chi connectivity index (χ0n) is 9.45. The standard InChI is InChI=1S/C11H14N2O3S/c1-11(3-4-11)6-12-10(16)13-8-7(9(14)15)2-5-17-8/h2,5H,3-4,6H2,1H3,(H,14,15)(H2,12,13,16). The maximum Gasteiger partial charge on any atom is 0.338 e. The number of hydrogen-bond donors (Lipinski definition) is 3. The number of rotatable bonds is 4. The molecule has 1 aromatic rings. The lowest BCUT2D eigenvalue weighted by molar-refractivity contribution is 0.0698. The highest BCUT2D eigenvalue weighted by molar-refractivity contribution is 7.14. The van der Waals surface area contributed by atoms with Gasteiger partial charge >= 0.3 is 12.0 Å². The fourth-order valence-electron chi connectivity index (χ4n) is 1.41. The topological polar surface area (TPSA) is 78.4 Å². The number of carbonyl (C=O) groups excluding carboxylic acids is 1. The number of thiophene rings is 1. The average molecular weight is 254 g/mol. The normalized spacial score (nSPS) is 16.3. The summed E-state index contributed by atoms with van der Waals surface area (Å²) in [5, 5.41) is 16.2. The number of amides is 2. The zero-order valence-corrected chi connectivity index (χ0v) is 10.3. The molecule has 0 saturated heterocycles. The Bertz CT molecular complexity index is 451. The molecule has 1 aliphatic carbocycles. The van der Waals surface area contributed by atoms with Crippen molar-refractivity contribution in [3.8, 4) is 0 Å². The van der Waals surface area contributed by atoms with Crippen LogP contribution in [0.4, 0.5) is 9.80 Å². The van der Waals surface area contributed by atoms with Crippen LogP contribution in [-0.4, -0.2) is 23.7 Å². The van der Waals surface area contributed by atoms with E-state index in [2.05, 4.69) is 17.6 Å². The molecule has 1 fully saturated rings. The van der Waals surface area contributed by atoms with Crippen molar-refractivity contribution in [1.82, 2.24) is 5.32 Å². The fourth-order valence-corrected chi connectivity index (χ4v) is 2.18. The van der Waals surface area contributed by atoms with Gasteiger partial charge in [0.05, 0.1) is 5.56 Å². The van der Waals surface area contributed by atoms with Crippen LogP contribution in [0.15, 0.2) is 11.4 Å². The van der Waals surface area contributed by atoms with Crippen LogP contribution in [-0.2, 0) is 0 Å². The largest absolute Gasteiger partial charge is 0.478 e. The van der Waals surface area contributed by atoms with Crippen molar-refractivity contribution in [2.75, 3.05) is 11.9 Å². The maximum atomic E-state index is 11.6. The summed E-state index contributed by atoms with van der Waals surface area (Å²) in [4.78, 5) is 22.4. The Morgan fingerprint density at radius 2 is 2.24 bits per heavy atom. The van der Waals surface area contributed by atoms with E-state index in [0.717, 1.165) is 12.8 Å². The van der Waals surface area contributed by atoms with Gasteiger partial charge in [0.1, 0.15) is 5.00 Å². The first-order valence-corrected chi connectivity index (χ1v) is 6.24. The van der Waals surface area contributed by atoms with Crippen molar-refractivity contribution in [2.24, 2.45) is 5.41 Å². The van der Waals surface area contributed by atoms with Gasteiger partial charge in [0.2, 0.25) is 0 Å². The minimum atomic E-state index is -1.03. The van der Waals surface area contributed by atoms with Gasteiger partial charge in [-0.2, -0.15) is 0 Å². The molecule has 92 valence electrons. The minimum Gasteiger partial charge on any atom is -0.478 e. The Kier molecular flexibility index (Phi) is 3.06. The van der Waals surface area contributed by atoms with Crippen LogP contribution in [0, 0.1) is 5.41 Å². The van der Waals surface area contributed by atoms with Crippen LogP contribution in [0.2, 0.25) is 0 Å². The summed E-state index contributed by atoms with van der Waals surface area (Å²) in [5.41, 5.74) is 0.366. The predicted octanol–water partition coefficient (Wildman–Crippen LogP) is 2.37. The second-order valence-electron chi connectivity index (χ2n) is 4.59. The molecule has 0 spiro atoms. The van der Waals surface area contributed by atoms with Crippen molar-refractivity contribution in [3.05, 3.63) is 17.0 Å². The van der Waals surface area contributed by atoms with Gasteiger partial charge in [0.15, 0.2) is 0 Å². The summed E-state index contributed by atoms with van der Waals surface area (Å²) < 4.78 is 0. The second-order valence-corrected chi connectivity index (χ2v) is 5.50. The number of hydrogen-bond acceptors (Lipinski definition) is 3. The highest BCUT2D eigenvalue weighted by Gasteiger charge is 2.37. The highest BCUT2D eigenvalue weighted by Crippen LogP contribution is 2.44. The van der Waals surface area contributed by atoms with Crippen molar-refractivity contribution >= 4 is 28.3 Å². The van der Waals surface area contributed by atoms with E-state index in [1.165, 1.54) is 17.4 Å². The van der Waals surface area contributed by atoms with E-state index in [4.69, 9.17) is 5.11 Å². The quantitative estimate of drug-likeness (QED) is 0.771. The summed E-state index contributed by atoms with van der Waals surface area (Å²) >= 11 is 1.20. The highest BCUT2D eigenvalue weighted by atomic mass is 32.1. The molecule has 1 aromatic heterocycles. The first-order chi connectivity index (χ1) is 8.00. The number of aromatic carboxylic acids is 1. The van der Waals surface area contributed by atoms with Crippen LogP contribution in [0.1, 0.15) is 30.1 Å². The maximum absolute atomic E-state index is 11.6. The van der Waals surface area contributed by atoms with Gasteiger partial charge in [-0.15, -0.1) is 11.3 Å². The Balaban J connectivity index is 1.89. The van der Waals surface area contributed by atoms with E-state index in [1.54, 1.807) is 5.38 Å². The summed E-state index contributed by atoms with van der Waals surface area (Å²) in [6.45, 7) is 2.74. The lowest BCUT2D eigenvalue weighted by Crippen LogP contribution is -2.33. The van der Waals surface area contributed by atoms with Gasteiger partial charge in [-0.25, -0.2) is 9.59 Å². The van der Waals surface area contributed by atoms with Crippen LogP contribution < -0.4 is 10.6 Å². The van der Waals surface area contributed by atoms with Gasteiger partial charge in [0, 0.05) is 6.54 Å². The second kappa shape index (κ2) is 4.37. The van der Waals surface area contributed by atoms with E-state index in [-0.39, 0.29) is 17.0 Å². The smallest absolute Gasteiger partial charge is 0.338 e. The van der Waals surface area contributed by atoms with E-state index < -0.39 is 5.97 Å². The third kappa shape index (κ3) is 2.97. The van der Waals surface area contributed by atoms with E-state index in [9.17, 15) is 9.59 Å². The van der Waals surface area contributed by atoms with Crippen LogP contribution in [0.3, 0.4) is 0 Å². The molecular weight excluding hydrogens is 240 g/mol. The van der Waals surface area contributed by atoms with Crippen molar-refractivity contribution < 1.29 is 14.7 Å². The number of nitrogens with one attached hydrogen (secondary N) is 2. The van der Waals surface area contributed by atoms with Gasteiger partial charge < -0.3 is 10.4 Å². The Morgan fingerprint density at radius 1 is 1.53 bits per heavy atom. The third-order valence-corrected chi connectivity index (χ3v) is 3.73. The number of carbonyl (C=O) groups is 2. The molecule has 3 N–H and O–H groups in total. The summed E-state index contributed by atoms with van der Waals surface area (Å²) in [6.07, 6.45) is 2.26. The molecule has 2 amide bonds. The molecule has 0 radical (unpaired) electrons. The molecule has 6 heteroatoms. The molecule has 0 atom stereocenters. The van der Waals surface area contributed by atoms with Gasteiger partial charge in [-0.1, -0.05) is 6.92 Å². The Hall–Kier alpha value is -1.56. The van der Waals surface area contributed by atoms with E-state index >= 15 is 0 Å². The first kappa shape index (κ1) is 11.9. The first-order valence-electron chi connectivity index (χ1n) is 5.36. The number of urea groups is 1. The molecule has 17 heavy (non-hydrogen) atoms. The average Bonchev–Trinajstić information content (AvgIpc) is 2.82. The lowest BCUT2D eigenvalue weighted by Gasteiger charge is -2.10. The van der Waals surface area contributed by atoms with Crippen molar-refractivity contribution in [3.63, 3.8) is 0 Å². The molecule has 0 unspecified atom stereocenters. The van der Waals surface area contributed by atoms with Crippen LogP contribution >= 0.6 is 11.3 Å².